The number of hydrogen-bond acceptors (Lipinski definition) is 4. The average molecular weight is 215 g/mol. The van der Waals surface area contributed by atoms with Gasteiger partial charge < -0.3 is 10.1 Å². The van der Waals surface area contributed by atoms with Crippen molar-refractivity contribution in [2.24, 2.45) is 5.84 Å². The molecule has 1 aliphatic rings. The zero-order valence-electron chi connectivity index (χ0n) is 9.75. The molecule has 1 heterocycles. The third kappa shape index (κ3) is 4.99. The van der Waals surface area contributed by atoms with Crippen LogP contribution < -0.4 is 11.2 Å². The summed E-state index contributed by atoms with van der Waals surface area (Å²) in [6.45, 7) is 7.14. The van der Waals surface area contributed by atoms with E-state index in [0.29, 0.717) is 6.54 Å². The van der Waals surface area contributed by atoms with Crippen molar-refractivity contribution in [3.05, 3.63) is 0 Å². The van der Waals surface area contributed by atoms with Gasteiger partial charge in [-0.2, -0.15) is 0 Å². The van der Waals surface area contributed by atoms with E-state index in [4.69, 9.17) is 10.6 Å². The van der Waals surface area contributed by atoms with Crippen LogP contribution in [0, 0.1) is 0 Å². The van der Waals surface area contributed by atoms with Crippen molar-refractivity contribution in [1.29, 1.82) is 0 Å². The van der Waals surface area contributed by atoms with Crippen molar-refractivity contribution in [3.8, 4) is 0 Å². The Morgan fingerprint density at radius 3 is 2.73 bits per heavy atom. The first-order chi connectivity index (χ1) is 6.87. The molecule has 1 rings (SSSR count). The van der Waals surface area contributed by atoms with Crippen LogP contribution in [0.4, 0.5) is 4.79 Å². The molecule has 0 bridgehead atoms. The number of nitrogens with one attached hydrogen (secondary N) is 1. The topological polar surface area (TPSA) is 67.6 Å². The number of alkyl carbamates (subject to hydrolysis) is 1. The van der Waals surface area contributed by atoms with E-state index in [0.717, 1.165) is 19.4 Å². The van der Waals surface area contributed by atoms with Crippen molar-refractivity contribution >= 4 is 6.09 Å². The van der Waals surface area contributed by atoms with E-state index in [1.54, 1.807) is 5.01 Å². The number of carbonyl (C=O) groups excluding carboxylic acids is 1. The smallest absolute Gasteiger partial charge is 0.407 e. The molecule has 1 aliphatic heterocycles. The zero-order valence-corrected chi connectivity index (χ0v) is 9.75. The molecule has 0 aromatic heterocycles. The maximum atomic E-state index is 11.4. The highest BCUT2D eigenvalue weighted by Crippen LogP contribution is 2.10. The zero-order chi connectivity index (χ0) is 11.5. The lowest BCUT2D eigenvalue weighted by Gasteiger charge is -2.30. The molecule has 0 aromatic carbocycles. The Morgan fingerprint density at radius 1 is 1.53 bits per heavy atom. The molecule has 0 aromatic rings. The molecule has 88 valence electrons. The fraction of sp³-hybridized carbons (Fsp3) is 0.900. The Bertz CT molecular complexity index is 225. The van der Waals surface area contributed by atoms with Crippen LogP contribution in [0.5, 0.6) is 0 Å². The van der Waals surface area contributed by atoms with E-state index in [1.807, 2.05) is 20.8 Å². The van der Waals surface area contributed by atoms with Gasteiger partial charge in [-0.05, 0) is 33.6 Å². The van der Waals surface area contributed by atoms with Gasteiger partial charge in [-0.3, -0.25) is 5.84 Å². The van der Waals surface area contributed by atoms with Crippen molar-refractivity contribution in [3.63, 3.8) is 0 Å². The summed E-state index contributed by atoms with van der Waals surface area (Å²) in [7, 11) is 0. The number of rotatable bonds is 1. The first-order valence-electron chi connectivity index (χ1n) is 5.36. The predicted octanol–water partition coefficient (Wildman–Crippen LogP) is 0.849. The van der Waals surface area contributed by atoms with Crippen molar-refractivity contribution in [2.75, 3.05) is 13.1 Å². The first kappa shape index (κ1) is 12.3. The van der Waals surface area contributed by atoms with Gasteiger partial charge in [0.25, 0.3) is 0 Å². The summed E-state index contributed by atoms with van der Waals surface area (Å²) in [5, 5.41) is 4.55. The standard InChI is InChI=1S/C10H21N3O2/c1-10(2,3)15-9(14)12-8-5-4-6-13(11)7-8/h8H,4-7,11H2,1-3H3,(H,12,14)/t8-/m0/s1. The van der Waals surface area contributed by atoms with Gasteiger partial charge in [0.05, 0.1) is 0 Å². The molecule has 0 unspecified atom stereocenters. The summed E-state index contributed by atoms with van der Waals surface area (Å²) in [5.41, 5.74) is -0.443. The second-order valence-corrected chi connectivity index (χ2v) is 4.98. The summed E-state index contributed by atoms with van der Waals surface area (Å²) >= 11 is 0. The predicted molar refractivity (Wildman–Crippen MR) is 58.2 cm³/mol. The van der Waals surface area contributed by atoms with E-state index in [-0.39, 0.29) is 12.1 Å². The maximum absolute atomic E-state index is 11.4. The monoisotopic (exact) mass is 215 g/mol. The van der Waals surface area contributed by atoms with E-state index in [9.17, 15) is 4.79 Å². The molecule has 0 aliphatic carbocycles. The van der Waals surface area contributed by atoms with Crippen molar-refractivity contribution in [1.82, 2.24) is 10.3 Å². The van der Waals surface area contributed by atoms with Gasteiger partial charge in [-0.1, -0.05) is 0 Å². The minimum atomic E-state index is -0.443. The van der Waals surface area contributed by atoms with E-state index >= 15 is 0 Å². The van der Waals surface area contributed by atoms with Gasteiger partial charge in [-0.15, -0.1) is 0 Å². The molecular weight excluding hydrogens is 194 g/mol. The van der Waals surface area contributed by atoms with Crippen molar-refractivity contribution in [2.45, 2.75) is 45.3 Å². The number of nitrogens with zero attached hydrogens (tertiary/aromatic N) is 1. The summed E-state index contributed by atoms with van der Waals surface area (Å²) < 4.78 is 5.17. The van der Waals surface area contributed by atoms with Gasteiger partial charge in [-0.25, -0.2) is 9.80 Å². The van der Waals surface area contributed by atoms with Gasteiger partial charge in [0.1, 0.15) is 5.60 Å². The molecular formula is C10H21N3O2. The quantitative estimate of drug-likeness (QED) is 0.636. The minimum Gasteiger partial charge on any atom is -0.444 e. The lowest BCUT2D eigenvalue weighted by atomic mass is 10.1. The molecule has 1 atom stereocenters. The SMILES string of the molecule is CC(C)(C)OC(=O)N[C@H]1CCCN(N)C1. The molecule has 5 heteroatoms. The molecule has 0 saturated carbocycles. The number of piperidine rings is 1. The molecule has 15 heavy (non-hydrogen) atoms. The average Bonchev–Trinajstić information content (AvgIpc) is 1.99. The third-order valence-corrected chi connectivity index (χ3v) is 2.17. The highest BCUT2D eigenvalue weighted by atomic mass is 16.6. The Morgan fingerprint density at radius 2 is 2.20 bits per heavy atom. The highest BCUT2D eigenvalue weighted by Gasteiger charge is 2.22. The van der Waals surface area contributed by atoms with Crippen LogP contribution in [-0.4, -0.2) is 35.8 Å². The number of hydrazine groups is 1. The molecule has 3 N–H and O–H groups in total. The van der Waals surface area contributed by atoms with E-state index in [2.05, 4.69) is 5.32 Å². The van der Waals surface area contributed by atoms with Gasteiger partial charge >= 0.3 is 6.09 Å². The Labute approximate surface area is 90.9 Å². The second-order valence-electron chi connectivity index (χ2n) is 4.98. The highest BCUT2D eigenvalue weighted by molar-refractivity contribution is 5.68. The fourth-order valence-corrected chi connectivity index (χ4v) is 1.60. The van der Waals surface area contributed by atoms with Crippen molar-refractivity contribution < 1.29 is 9.53 Å². The lowest BCUT2D eigenvalue weighted by Crippen LogP contribution is -2.51. The van der Waals surface area contributed by atoms with Crippen LogP contribution in [0.15, 0.2) is 0 Å². The largest absolute Gasteiger partial charge is 0.444 e. The number of amides is 1. The summed E-state index contributed by atoms with van der Waals surface area (Å²) in [6, 6.07) is 0.110. The summed E-state index contributed by atoms with van der Waals surface area (Å²) in [4.78, 5) is 11.4. The Hall–Kier alpha value is -0.810. The van der Waals surface area contributed by atoms with Gasteiger partial charge in [0, 0.05) is 19.1 Å². The number of hydrogen-bond donors (Lipinski definition) is 2. The molecule has 0 radical (unpaired) electrons. The Kier molecular flexibility index (Phi) is 3.93. The molecule has 0 spiro atoms. The molecule has 1 saturated heterocycles. The van der Waals surface area contributed by atoms with E-state index in [1.165, 1.54) is 0 Å². The van der Waals surface area contributed by atoms with Crippen LogP contribution in [0.25, 0.3) is 0 Å². The van der Waals surface area contributed by atoms with Crippen LogP contribution >= 0.6 is 0 Å². The van der Waals surface area contributed by atoms with Crippen LogP contribution in [0.2, 0.25) is 0 Å². The van der Waals surface area contributed by atoms with Crippen LogP contribution in [-0.2, 0) is 4.74 Å². The maximum Gasteiger partial charge on any atom is 0.407 e. The minimum absolute atomic E-state index is 0.110. The Balaban J connectivity index is 2.31. The summed E-state index contributed by atoms with van der Waals surface area (Å²) in [6.07, 6.45) is 1.62. The molecule has 5 nitrogen and oxygen atoms in total. The lowest BCUT2D eigenvalue weighted by molar-refractivity contribution is 0.0473. The first-order valence-corrected chi connectivity index (χ1v) is 5.36. The number of ether oxygens (including phenoxy) is 1. The van der Waals surface area contributed by atoms with Crippen LogP contribution in [0.1, 0.15) is 33.6 Å². The molecule has 1 amide bonds. The number of nitrogens with two attached hydrogens (primary N) is 1. The number of carbonyl (C=O) groups is 1. The normalized spacial score (nSPS) is 23.6. The summed E-state index contributed by atoms with van der Waals surface area (Å²) in [5.74, 6) is 5.67. The van der Waals surface area contributed by atoms with E-state index < -0.39 is 5.60 Å². The van der Waals surface area contributed by atoms with Gasteiger partial charge in [0.2, 0.25) is 0 Å². The second kappa shape index (κ2) is 4.81. The molecule has 1 fully saturated rings. The van der Waals surface area contributed by atoms with Crippen LogP contribution in [0.3, 0.4) is 0 Å². The van der Waals surface area contributed by atoms with Gasteiger partial charge in [0.15, 0.2) is 0 Å². The third-order valence-electron chi connectivity index (χ3n) is 2.17. The fourth-order valence-electron chi connectivity index (χ4n) is 1.60.